The van der Waals surface area contributed by atoms with Crippen molar-refractivity contribution in [1.29, 1.82) is 0 Å². The number of aliphatic hydroxyl groups excluding tert-OH is 1. The van der Waals surface area contributed by atoms with Crippen molar-refractivity contribution in [3.8, 4) is 5.75 Å². The molecule has 0 spiro atoms. The van der Waals surface area contributed by atoms with E-state index < -0.39 is 47.2 Å². The molecule has 0 amide bonds. The summed E-state index contributed by atoms with van der Waals surface area (Å²) in [5, 5.41) is 26.6. The highest BCUT2D eigenvalue weighted by atomic mass is 35.5. The van der Waals surface area contributed by atoms with Gasteiger partial charge in [0.1, 0.15) is 29.8 Å². The molecule has 0 heterocycles. The molecule has 19 heavy (non-hydrogen) atoms. The van der Waals surface area contributed by atoms with Crippen LogP contribution in [0.5, 0.6) is 5.75 Å². The van der Waals surface area contributed by atoms with Crippen LogP contribution in [-0.4, -0.2) is 33.8 Å². The topological polar surface area (TPSA) is 104 Å². The van der Waals surface area contributed by atoms with E-state index >= 15 is 0 Å². The van der Waals surface area contributed by atoms with Crippen LogP contribution in [-0.2, 0) is 0 Å². The number of rotatable bonds is 4. The summed E-state index contributed by atoms with van der Waals surface area (Å²) < 4.78 is 39.3. The van der Waals surface area contributed by atoms with Crippen LogP contribution in [0.4, 0.5) is 13.2 Å². The molecule has 0 saturated carbocycles. The lowest BCUT2D eigenvalue weighted by molar-refractivity contribution is -0.0716. The zero-order valence-corrected chi connectivity index (χ0v) is 10.1. The fraction of sp³-hybridized carbons (Fsp3) is 0.300. The molecule has 1 aromatic carbocycles. The molecule has 0 saturated heterocycles. The van der Waals surface area contributed by atoms with Crippen molar-refractivity contribution in [3.05, 3.63) is 29.1 Å². The average molecular weight is 302 g/mol. The molecule has 0 aliphatic carbocycles. The molecule has 5 nitrogen and oxygen atoms in total. The summed E-state index contributed by atoms with van der Waals surface area (Å²) >= 11 is 0. The van der Waals surface area contributed by atoms with Crippen molar-refractivity contribution in [2.45, 2.75) is 12.0 Å². The highest BCUT2D eigenvalue weighted by molar-refractivity contribution is 5.91. The van der Waals surface area contributed by atoms with E-state index in [2.05, 4.69) is 0 Å². The molecule has 0 fully saturated rings. The van der Waals surface area contributed by atoms with Crippen LogP contribution in [0.2, 0.25) is 0 Å². The van der Waals surface area contributed by atoms with Gasteiger partial charge >= 0.3 is 5.97 Å². The summed E-state index contributed by atoms with van der Waals surface area (Å²) in [6.07, 6.45) is 0. The highest BCUT2D eigenvalue weighted by Crippen LogP contribution is 2.36. The zero-order chi connectivity index (χ0) is 14.1. The normalized spacial score (nSPS) is 12.7. The van der Waals surface area contributed by atoms with Crippen LogP contribution in [0.25, 0.3) is 0 Å². The third kappa shape index (κ3) is 3.49. The van der Waals surface area contributed by atoms with Crippen LogP contribution in [0.3, 0.4) is 0 Å². The van der Waals surface area contributed by atoms with Gasteiger partial charge in [-0.2, -0.15) is 0 Å². The third-order valence-electron chi connectivity index (χ3n) is 2.34. The molecule has 0 aromatic heterocycles. The number of carbonyl (C=O) groups is 1. The van der Waals surface area contributed by atoms with E-state index in [0.29, 0.717) is 12.1 Å². The van der Waals surface area contributed by atoms with Crippen LogP contribution < -0.4 is 5.73 Å². The number of alkyl halides is 2. The van der Waals surface area contributed by atoms with Gasteiger partial charge in [0.05, 0.1) is 0 Å². The second kappa shape index (κ2) is 6.09. The first-order valence-corrected chi connectivity index (χ1v) is 4.70. The number of hydrogen-bond acceptors (Lipinski definition) is 4. The maximum atomic E-state index is 13.1. The minimum atomic E-state index is -3.82. The van der Waals surface area contributed by atoms with Crippen molar-refractivity contribution >= 4 is 18.4 Å². The van der Waals surface area contributed by atoms with Gasteiger partial charge in [-0.1, -0.05) is 0 Å². The van der Waals surface area contributed by atoms with Gasteiger partial charge in [-0.3, -0.25) is 0 Å². The van der Waals surface area contributed by atoms with Crippen LogP contribution >= 0.6 is 12.4 Å². The van der Waals surface area contributed by atoms with Gasteiger partial charge in [-0.05, 0) is 12.1 Å². The van der Waals surface area contributed by atoms with E-state index in [1.54, 1.807) is 0 Å². The lowest BCUT2D eigenvalue weighted by atomic mass is 9.98. The van der Waals surface area contributed by atoms with Gasteiger partial charge in [0.25, 0.3) is 5.92 Å². The molecular formula is C10H11ClF3NO4. The summed E-state index contributed by atoms with van der Waals surface area (Å²) in [6.45, 7) is -1.62. The highest BCUT2D eigenvalue weighted by Gasteiger charge is 2.39. The number of phenols is 1. The first kappa shape index (κ1) is 17.5. The molecular weight excluding hydrogens is 291 g/mol. The molecule has 0 radical (unpaired) electrons. The molecule has 1 aromatic rings. The van der Waals surface area contributed by atoms with E-state index in [1.165, 1.54) is 0 Å². The monoisotopic (exact) mass is 301 g/mol. The molecule has 1 rings (SSSR count). The molecule has 1 atom stereocenters. The van der Waals surface area contributed by atoms with Crippen LogP contribution in [0.15, 0.2) is 12.1 Å². The predicted octanol–water partition coefficient (Wildman–Crippen LogP) is 1.28. The summed E-state index contributed by atoms with van der Waals surface area (Å²) in [7, 11) is 0. The van der Waals surface area contributed by atoms with Crippen molar-refractivity contribution in [3.63, 3.8) is 0 Å². The first-order chi connectivity index (χ1) is 8.20. The number of nitrogens with two attached hydrogens (primary N) is 1. The number of carboxylic acids is 1. The molecule has 108 valence electrons. The molecule has 0 aliphatic rings. The molecule has 5 N–H and O–H groups in total. The number of carboxylic acid groups (broad SMARTS) is 1. The van der Waals surface area contributed by atoms with Gasteiger partial charge in [-0.25, -0.2) is 18.0 Å². The average Bonchev–Trinajstić information content (AvgIpc) is 2.30. The Morgan fingerprint density at radius 2 is 1.95 bits per heavy atom. The zero-order valence-electron chi connectivity index (χ0n) is 9.31. The van der Waals surface area contributed by atoms with E-state index in [0.717, 1.165) is 0 Å². The van der Waals surface area contributed by atoms with Gasteiger partial charge in [0.15, 0.2) is 0 Å². The molecule has 0 bridgehead atoms. The summed E-state index contributed by atoms with van der Waals surface area (Å²) in [5.74, 6) is -7.69. The fourth-order valence-electron chi connectivity index (χ4n) is 1.35. The quantitative estimate of drug-likeness (QED) is 0.670. The largest absolute Gasteiger partial charge is 0.507 e. The number of aliphatic hydroxyl groups is 1. The van der Waals surface area contributed by atoms with Crippen molar-refractivity contribution in [2.24, 2.45) is 5.73 Å². The van der Waals surface area contributed by atoms with Gasteiger partial charge < -0.3 is 21.1 Å². The fourth-order valence-corrected chi connectivity index (χ4v) is 1.35. The predicted molar refractivity (Wildman–Crippen MR) is 61.2 cm³/mol. The molecule has 0 unspecified atom stereocenters. The Bertz CT molecular complexity index is 484. The van der Waals surface area contributed by atoms with Crippen molar-refractivity contribution < 1.29 is 33.3 Å². The standard InChI is InChI=1S/C10H10F3NO4.ClH/c11-4-1-5(8(14)10(12,13)3-15)7(16)6(2-4)9(17)18;/h1-2,8,15-16H,3,14H2,(H,17,18);1H/t8-;/m1./s1. The number of aromatic carboxylic acids is 1. The number of aromatic hydroxyl groups is 1. The Kier molecular flexibility index (Phi) is 5.61. The smallest absolute Gasteiger partial charge is 0.339 e. The van der Waals surface area contributed by atoms with Gasteiger partial charge in [0.2, 0.25) is 0 Å². The Morgan fingerprint density at radius 3 is 2.37 bits per heavy atom. The second-order valence-electron chi connectivity index (χ2n) is 3.59. The maximum Gasteiger partial charge on any atom is 0.339 e. The summed E-state index contributed by atoms with van der Waals surface area (Å²) in [6, 6.07) is -1.25. The Labute approximate surface area is 111 Å². The first-order valence-electron chi connectivity index (χ1n) is 4.70. The second-order valence-corrected chi connectivity index (χ2v) is 3.59. The number of halogens is 4. The Morgan fingerprint density at radius 1 is 1.42 bits per heavy atom. The lowest BCUT2D eigenvalue weighted by Gasteiger charge is -2.22. The van der Waals surface area contributed by atoms with E-state index in [-0.39, 0.29) is 12.4 Å². The third-order valence-corrected chi connectivity index (χ3v) is 2.34. The van der Waals surface area contributed by atoms with Crippen molar-refractivity contribution in [1.82, 2.24) is 0 Å². The summed E-state index contributed by atoms with van der Waals surface area (Å²) in [4.78, 5) is 10.7. The number of hydrogen-bond donors (Lipinski definition) is 4. The SMILES string of the molecule is Cl.N[C@H](c1cc(F)cc(C(=O)O)c1O)C(F)(F)CO. The van der Waals surface area contributed by atoms with E-state index in [1.807, 2.05) is 0 Å². The van der Waals surface area contributed by atoms with E-state index in [4.69, 9.17) is 15.9 Å². The Hall–Kier alpha value is -1.51. The minimum Gasteiger partial charge on any atom is -0.507 e. The lowest BCUT2D eigenvalue weighted by Crippen LogP contribution is -2.36. The molecule has 0 aliphatic heterocycles. The summed E-state index contributed by atoms with van der Waals surface area (Å²) in [5.41, 5.74) is 3.43. The Balaban J connectivity index is 0.00000324. The van der Waals surface area contributed by atoms with E-state index in [9.17, 15) is 23.1 Å². The van der Waals surface area contributed by atoms with Crippen molar-refractivity contribution in [2.75, 3.05) is 6.61 Å². The molecule has 9 heteroatoms. The maximum absolute atomic E-state index is 13.1. The van der Waals surface area contributed by atoms with Crippen LogP contribution in [0, 0.1) is 5.82 Å². The minimum absolute atomic E-state index is 0. The van der Waals surface area contributed by atoms with Crippen LogP contribution in [0.1, 0.15) is 22.0 Å². The van der Waals surface area contributed by atoms with Gasteiger partial charge in [-0.15, -0.1) is 12.4 Å². The number of benzene rings is 1. The van der Waals surface area contributed by atoms with Gasteiger partial charge in [0, 0.05) is 5.56 Å².